The molecule has 0 saturated carbocycles. The molecular formula is C20H20ClN3O4S2. The lowest BCUT2D eigenvalue weighted by molar-refractivity contribution is -0.128. The third kappa shape index (κ3) is 5.21. The molecule has 10 heteroatoms. The van der Waals surface area contributed by atoms with E-state index in [1.807, 2.05) is 6.92 Å². The number of hydrogen-bond donors (Lipinski definition) is 1. The normalized spacial score (nSPS) is 18.1. The number of amidine groups is 1. The molecule has 1 N–H and O–H groups in total. The summed E-state index contributed by atoms with van der Waals surface area (Å²) >= 11 is 6.81. The van der Waals surface area contributed by atoms with E-state index in [1.54, 1.807) is 43.3 Å². The molecule has 158 valence electrons. The molecule has 1 aliphatic rings. The molecule has 2 aromatic rings. The van der Waals surface area contributed by atoms with E-state index in [4.69, 9.17) is 11.6 Å². The molecule has 3 rings (SSSR count). The first-order chi connectivity index (χ1) is 14.2. The van der Waals surface area contributed by atoms with Crippen LogP contribution in [0.25, 0.3) is 0 Å². The van der Waals surface area contributed by atoms with Crippen molar-refractivity contribution in [2.24, 2.45) is 4.40 Å². The molecule has 7 nitrogen and oxygen atoms in total. The Bertz CT molecular complexity index is 1080. The number of rotatable bonds is 6. The molecule has 2 amide bonds. The number of thioether (sulfide) groups is 1. The van der Waals surface area contributed by atoms with Crippen LogP contribution in [0.3, 0.4) is 0 Å². The smallest absolute Gasteiger partial charge is 0.284 e. The summed E-state index contributed by atoms with van der Waals surface area (Å²) < 4.78 is 29.1. The van der Waals surface area contributed by atoms with Crippen LogP contribution in [0.4, 0.5) is 5.69 Å². The van der Waals surface area contributed by atoms with Crippen molar-refractivity contribution in [2.45, 2.75) is 30.4 Å². The number of carbonyl (C=O) groups is 2. The van der Waals surface area contributed by atoms with Gasteiger partial charge in [0.25, 0.3) is 10.0 Å². The number of hydrogen-bond acceptors (Lipinski definition) is 5. The molecule has 1 atom stereocenters. The van der Waals surface area contributed by atoms with Crippen molar-refractivity contribution in [3.8, 4) is 0 Å². The molecule has 1 heterocycles. The van der Waals surface area contributed by atoms with Gasteiger partial charge in [-0.25, -0.2) is 0 Å². The fourth-order valence-corrected chi connectivity index (χ4v) is 5.33. The van der Waals surface area contributed by atoms with Gasteiger partial charge >= 0.3 is 0 Å². The number of benzene rings is 2. The van der Waals surface area contributed by atoms with Gasteiger partial charge in [0.15, 0.2) is 5.17 Å². The van der Waals surface area contributed by atoms with Gasteiger partial charge in [0.2, 0.25) is 11.8 Å². The van der Waals surface area contributed by atoms with E-state index in [0.29, 0.717) is 10.7 Å². The second kappa shape index (κ2) is 9.20. The second-order valence-electron chi connectivity index (χ2n) is 6.61. The first-order valence-electron chi connectivity index (χ1n) is 9.14. The molecule has 1 saturated heterocycles. The lowest BCUT2D eigenvalue weighted by Crippen LogP contribution is -2.33. The van der Waals surface area contributed by atoms with Crippen LogP contribution in [-0.2, 0) is 19.6 Å². The average Bonchev–Trinajstić information content (AvgIpc) is 2.97. The summed E-state index contributed by atoms with van der Waals surface area (Å²) in [6.45, 7) is 3.83. The third-order valence-corrected chi connectivity index (χ3v) is 7.18. The molecule has 30 heavy (non-hydrogen) atoms. The SMILES string of the molecule is CCN1C(=O)C(CC(=O)Nc2ccc(Cl)cc2)SC1=NS(=O)(=O)c1ccc(C)cc1. The number of carbonyl (C=O) groups excluding carboxylic acids is 2. The van der Waals surface area contributed by atoms with E-state index >= 15 is 0 Å². The summed E-state index contributed by atoms with van der Waals surface area (Å²) in [5.41, 5.74) is 1.48. The van der Waals surface area contributed by atoms with Gasteiger partial charge in [0, 0.05) is 23.7 Å². The maximum Gasteiger partial charge on any atom is 0.284 e. The molecule has 1 unspecified atom stereocenters. The van der Waals surface area contributed by atoms with Crippen molar-refractivity contribution in [1.29, 1.82) is 0 Å². The van der Waals surface area contributed by atoms with Gasteiger partial charge in [-0.05, 0) is 50.2 Å². The van der Waals surface area contributed by atoms with Crippen molar-refractivity contribution in [3.05, 3.63) is 59.1 Å². The molecule has 0 bridgehead atoms. The van der Waals surface area contributed by atoms with Gasteiger partial charge in [0.05, 0.1) is 4.90 Å². The Morgan fingerprint density at radius 3 is 2.40 bits per heavy atom. The Hall–Kier alpha value is -2.36. The number of amides is 2. The van der Waals surface area contributed by atoms with Crippen LogP contribution in [0.15, 0.2) is 57.8 Å². The van der Waals surface area contributed by atoms with Crippen LogP contribution in [0.1, 0.15) is 18.9 Å². The van der Waals surface area contributed by atoms with Gasteiger partial charge in [-0.15, -0.1) is 4.40 Å². The zero-order chi connectivity index (χ0) is 21.9. The maximum atomic E-state index is 12.7. The predicted molar refractivity (Wildman–Crippen MR) is 119 cm³/mol. The Morgan fingerprint density at radius 1 is 1.17 bits per heavy atom. The third-order valence-electron chi connectivity index (χ3n) is 4.35. The van der Waals surface area contributed by atoms with Crippen LogP contribution in [0.2, 0.25) is 5.02 Å². The number of nitrogens with zero attached hydrogens (tertiary/aromatic N) is 2. The quantitative estimate of drug-likeness (QED) is 0.701. The van der Waals surface area contributed by atoms with E-state index in [9.17, 15) is 18.0 Å². The Morgan fingerprint density at radius 2 is 1.80 bits per heavy atom. The van der Waals surface area contributed by atoms with Gasteiger partial charge in [-0.2, -0.15) is 8.42 Å². The van der Waals surface area contributed by atoms with Gasteiger partial charge in [0.1, 0.15) is 5.25 Å². The molecular weight excluding hydrogens is 446 g/mol. The zero-order valence-corrected chi connectivity index (χ0v) is 18.7. The minimum absolute atomic E-state index is 0.0497. The topological polar surface area (TPSA) is 95.9 Å². The van der Waals surface area contributed by atoms with E-state index < -0.39 is 15.3 Å². The minimum Gasteiger partial charge on any atom is -0.326 e. The molecule has 1 aliphatic heterocycles. The van der Waals surface area contributed by atoms with Gasteiger partial charge < -0.3 is 5.32 Å². The minimum atomic E-state index is -3.97. The first-order valence-corrected chi connectivity index (χ1v) is 11.8. The summed E-state index contributed by atoms with van der Waals surface area (Å²) in [6.07, 6.45) is -0.105. The van der Waals surface area contributed by atoms with Crippen molar-refractivity contribution in [1.82, 2.24) is 4.90 Å². The number of nitrogens with one attached hydrogen (secondary N) is 1. The number of halogens is 1. The molecule has 0 radical (unpaired) electrons. The largest absolute Gasteiger partial charge is 0.326 e. The molecule has 0 aromatic heterocycles. The van der Waals surface area contributed by atoms with Gasteiger partial charge in [-0.3, -0.25) is 14.5 Å². The average molecular weight is 466 g/mol. The van der Waals surface area contributed by atoms with E-state index in [2.05, 4.69) is 9.71 Å². The summed E-state index contributed by atoms with van der Waals surface area (Å²) in [4.78, 5) is 26.4. The van der Waals surface area contributed by atoms with Crippen LogP contribution in [0.5, 0.6) is 0 Å². The highest BCUT2D eigenvalue weighted by Gasteiger charge is 2.39. The van der Waals surface area contributed by atoms with Crippen molar-refractivity contribution >= 4 is 56.1 Å². The van der Waals surface area contributed by atoms with E-state index in [-0.39, 0.29) is 34.8 Å². The highest BCUT2D eigenvalue weighted by atomic mass is 35.5. The number of sulfonamides is 1. The standard InChI is InChI=1S/C20H20ClN3O4S2/c1-3-24-19(26)17(12-18(25)22-15-8-6-14(21)7-9-15)29-20(24)23-30(27,28)16-10-4-13(2)5-11-16/h4-11,17H,3,12H2,1-2H3,(H,22,25). The number of anilines is 1. The lowest BCUT2D eigenvalue weighted by atomic mass is 10.2. The van der Waals surface area contributed by atoms with E-state index in [1.165, 1.54) is 17.0 Å². The molecule has 0 aliphatic carbocycles. The monoisotopic (exact) mass is 465 g/mol. The van der Waals surface area contributed by atoms with Crippen LogP contribution >= 0.6 is 23.4 Å². The lowest BCUT2D eigenvalue weighted by Gasteiger charge is -2.13. The first kappa shape index (κ1) is 22.3. The molecule has 1 fully saturated rings. The van der Waals surface area contributed by atoms with Crippen LogP contribution < -0.4 is 5.32 Å². The highest BCUT2D eigenvalue weighted by molar-refractivity contribution is 8.16. The van der Waals surface area contributed by atoms with Crippen molar-refractivity contribution in [3.63, 3.8) is 0 Å². The highest BCUT2D eigenvalue weighted by Crippen LogP contribution is 2.31. The fraction of sp³-hybridized carbons (Fsp3) is 0.250. The Labute approximate surface area is 184 Å². The van der Waals surface area contributed by atoms with Crippen LogP contribution in [-0.4, -0.2) is 42.1 Å². The Balaban J connectivity index is 1.75. The second-order valence-corrected chi connectivity index (χ2v) is 9.82. The Kier molecular flexibility index (Phi) is 6.84. The van der Waals surface area contributed by atoms with Crippen molar-refractivity contribution in [2.75, 3.05) is 11.9 Å². The summed E-state index contributed by atoms with van der Waals surface area (Å²) in [7, 11) is -3.97. The van der Waals surface area contributed by atoms with Gasteiger partial charge in [-0.1, -0.05) is 41.1 Å². The van der Waals surface area contributed by atoms with E-state index in [0.717, 1.165) is 17.3 Å². The summed E-state index contributed by atoms with van der Waals surface area (Å²) in [6, 6.07) is 12.9. The molecule has 0 spiro atoms. The maximum absolute atomic E-state index is 12.7. The number of aryl methyl sites for hydroxylation is 1. The summed E-state index contributed by atoms with van der Waals surface area (Å²) in [5, 5.41) is 2.58. The fourth-order valence-electron chi connectivity index (χ4n) is 2.78. The molecule has 2 aromatic carbocycles. The van der Waals surface area contributed by atoms with Crippen molar-refractivity contribution < 1.29 is 18.0 Å². The zero-order valence-electron chi connectivity index (χ0n) is 16.3. The summed E-state index contributed by atoms with van der Waals surface area (Å²) in [5.74, 6) is -0.700. The predicted octanol–water partition coefficient (Wildman–Crippen LogP) is 3.69. The van der Waals surface area contributed by atoms with Crippen LogP contribution in [0, 0.1) is 6.92 Å².